The third kappa shape index (κ3) is 4.81. The number of hydrogen-bond acceptors (Lipinski definition) is 5. The molecule has 0 amide bonds. The fourth-order valence-corrected chi connectivity index (χ4v) is 4.60. The summed E-state index contributed by atoms with van der Waals surface area (Å²) in [5.74, 6) is 0.118. The van der Waals surface area contributed by atoms with Crippen molar-refractivity contribution in [2.24, 2.45) is 0 Å². The van der Waals surface area contributed by atoms with Gasteiger partial charge in [0, 0.05) is 39.3 Å². The Bertz CT molecular complexity index is 913. The summed E-state index contributed by atoms with van der Waals surface area (Å²) in [4.78, 5) is 4.35. The Hall–Kier alpha value is -2.16. The molecule has 1 heterocycles. The second kappa shape index (κ2) is 8.89. The first-order valence-corrected chi connectivity index (χ1v) is 10.7. The predicted octanol–water partition coefficient (Wildman–Crippen LogP) is 2.24. The molecule has 2 aromatic carbocycles. The molecule has 28 heavy (non-hydrogen) atoms. The molecular formula is C20H26FN3O3S. The molecule has 0 unspecified atom stereocenters. The molecule has 1 aliphatic heterocycles. The lowest BCUT2D eigenvalue weighted by Gasteiger charge is -2.36. The molecule has 0 radical (unpaired) electrons. The number of para-hydroxylation sites is 1. The quantitative estimate of drug-likeness (QED) is 0.763. The number of halogens is 1. The molecule has 0 saturated carbocycles. The second-order valence-corrected chi connectivity index (χ2v) is 8.57. The van der Waals surface area contributed by atoms with Gasteiger partial charge in [0.15, 0.2) is 0 Å². The maximum atomic E-state index is 13.9. The highest BCUT2D eigenvalue weighted by atomic mass is 32.2. The summed E-state index contributed by atoms with van der Waals surface area (Å²) >= 11 is 0. The van der Waals surface area contributed by atoms with E-state index in [0.717, 1.165) is 18.7 Å². The zero-order valence-corrected chi connectivity index (χ0v) is 17.0. The van der Waals surface area contributed by atoms with Crippen molar-refractivity contribution >= 4 is 15.7 Å². The van der Waals surface area contributed by atoms with Gasteiger partial charge in [-0.3, -0.25) is 4.90 Å². The Kier molecular flexibility index (Phi) is 6.53. The van der Waals surface area contributed by atoms with Gasteiger partial charge < -0.3 is 9.64 Å². The molecule has 0 aromatic heterocycles. The van der Waals surface area contributed by atoms with Gasteiger partial charge in [-0.1, -0.05) is 18.2 Å². The molecule has 8 heteroatoms. The highest BCUT2D eigenvalue weighted by molar-refractivity contribution is 7.89. The van der Waals surface area contributed by atoms with E-state index in [0.29, 0.717) is 37.6 Å². The molecule has 3 rings (SSSR count). The lowest BCUT2D eigenvalue weighted by Crippen LogP contribution is -2.48. The van der Waals surface area contributed by atoms with Crippen molar-refractivity contribution in [3.63, 3.8) is 0 Å². The van der Waals surface area contributed by atoms with Crippen LogP contribution in [0, 0.1) is 12.7 Å². The van der Waals surface area contributed by atoms with E-state index in [2.05, 4.69) is 9.62 Å². The van der Waals surface area contributed by atoms with Gasteiger partial charge >= 0.3 is 0 Å². The fourth-order valence-electron chi connectivity index (χ4n) is 3.33. The Balaban J connectivity index is 1.52. The van der Waals surface area contributed by atoms with Gasteiger partial charge in [-0.15, -0.1) is 0 Å². The summed E-state index contributed by atoms with van der Waals surface area (Å²) < 4.78 is 47.0. The van der Waals surface area contributed by atoms with Crippen LogP contribution in [0.25, 0.3) is 0 Å². The van der Waals surface area contributed by atoms with Crippen molar-refractivity contribution in [3.8, 4) is 5.75 Å². The van der Waals surface area contributed by atoms with E-state index < -0.39 is 10.0 Å². The lowest BCUT2D eigenvalue weighted by molar-refractivity contribution is 0.261. The summed E-state index contributed by atoms with van der Waals surface area (Å²) in [6, 6.07) is 11.8. The van der Waals surface area contributed by atoms with Crippen molar-refractivity contribution in [2.45, 2.75) is 11.8 Å². The molecule has 0 aliphatic carbocycles. The second-order valence-electron chi connectivity index (χ2n) is 6.83. The number of anilines is 1. The van der Waals surface area contributed by atoms with E-state index in [1.54, 1.807) is 24.3 Å². The lowest BCUT2D eigenvalue weighted by atomic mass is 10.2. The van der Waals surface area contributed by atoms with Gasteiger partial charge in [0.05, 0.1) is 12.8 Å². The van der Waals surface area contributed by atoms with Gasteiger partial charge in [-0.25, -0.2) is 17.5 Å². The van der Waals surface area contributed by atoms with Crippen molar-refractivity contribution < 1.29 is 17.5 Å². The predicted molar refractivity (Wildman–Crippen MR) is 108 cm³/mol. The molecule has 6 nitrogen and oxygen atoms in total. The molecule has 0 bridgehead atoms. The number of nitrogens with one attached hydrogen (secondary N) is 1. The Labute approximate surface area is 166 Å². The number of piperazine rings is 1. The van der Waals surface area contributed by atoms with Crippen LogP contribution in [0.2, 0.25) is 0 Å². The van der Waals surface area contributed by atoms with E-state index in [-0.39, 0.29) is 10.7 Å². The first-order chi connectivity index (χ1) is 13.4. The van der Waals surface area contributed by atoms with Crippen molar-refractivity contribution in [2.75, 3.05) is 51.3 Å². The minimum atomic E-state index is -3.65. The molecule has 1 N–H and O–H groups in total. The smallest absolute Gasteiger partial charge is 0.244 e. The monoisotopic (exact) mass is 407 g/mol. The van der Waals surface area contributed by atoms with Gasteiger partial charge in [0.25, 0.3) is 0 Å². The van der Waals surface area contributed by atoms with E-state index in [4.69, 9.17) is 4.74 Å². The zero-order valence-electron chi connectivity index (χ0n) is 16.2. The van der Waals surface area contributed by atoms with Crippen LogP contribution in [0.15, 0.2) is 47.4 Å². The number of benzene rings is 2. The van der Waals surface area contributed by atoms with Crippen molar-refractivity contribution in [3.05, 3.63) is 53.8 Å². The highest BCUT2D eigenvalue weighted by Crippen LogP contribution is 2.24. The van der Waals surface area contributed by atoms with Crippen LogP contribution in [-0.2, 0) is 10.0 Å². The van der Waals surface area contributed by atoms with Gasteiger partial charge in [0.1, 0.15) is 16.5 Å². The zero-order chi connectivity index (χ0) is 20.1. The first kappa shape index (κ1) is 20.6. The van der Waals surface area contributed by atoms with Crippen molar-refractivity contribution in [1.82, 2.24) is 9.62 Å². The Morgan fingerprint density at radius 1 is 1.11 bits per heavy atom. The highest BCUT2D eigenvalue weighted by Gasteiger charge is 2.22. The van der Waals surface area contributed by atoms with E-state index in [1.807, 2.05) is 24.0 Å². The number of methoxy groups -OCH3 is 1. The molecule has 1 saturated heterocycles. The maximum absolute atomic E-state index is 13.9. The van der Waals surface area contributed by atoms with Crippen LogP contribution < -0.4 is 14.4 Å². The SMILES string of the molecule is COc1ccc(C)cc1S(=O)(=O)NCCN1CCN(c2ccccc2F)CC1. The van der Waals surface area contributed by atoms with Gasteiger partial charge in [0.2, 0.25) is 10.0 Å². The number of rotatable bonds is 7. The molecule has 0 atom stereocenters. The van der Waals surface area contributed by atoms with E-state index in [9.17, 15) is 12.8 Å². The van der Waals surface area contributed by atoms with Crippen molar-refractivity contribution in [1.29, 1.82) is 0 Å². The topological polar surface area (TPSA) is 61.9 Å². The summed E-state index contributed by atoms with van der Waals surface area (Å²) in [5, 5.41) is 0. The van der Waals surface area contributed by atoms with Crippen LogP contribution >= 0.6 is 0 Å². The first-order valence-electron chi connectivity index (χ1n) is 9.27. The molecular weight excluding hydrogens is 381 g/mol. The molecule has 152 valence electrons. The maximum Gasteiger partial charge on any atom is 0.244 e. The Morgan fingerprint density at radius 2 is 1.82 bits per heavy atom. The largest absolute Gasteiger partial charge is 0.495 e. The number of aryl methyl sites for hydroxylation is 1. The summed E-state index contributed by atoms with van der Waals surface area (Å²) in [7, 11) is -2.19. The standard InChI is InChI=1S/C20H26FN3O3S/c1-16-7-8-19(27-2)20(15-16)28(25,26)22-9-10-23-11-13-24(14-12-23)18-6-4-3-5-17(18)21/h3-8,15,22H,9-14H2,1-2H3. The van der Waals surface area contributed by atoms with Crippen LogP contribution in [0.1, 0.15) is 5.56 Å². The minimum absolute atomic E-state index is 0.152. The molecule has 1 fully saturated rings. The molecule has 2 aromatic rings. The number of ether oxygens (including phenoxy) is 1. The van der Waals surface area contributed by atoms with Crippen LogP contribution in [0.4, 0.5) is 10.1 Å². The summed E-state index contributed by atoms with van der Waals surface area (Å²) in [6.07, 6.45) is 0. The normalized spacial score (nSPS) is 15.6. The summed E-state index contributed by atoms with van der Waals surface area (Å²) in [5.41, 5.74) is 1.47. The Morgan fingerprint density at radius 3 is 2.50 bits per heavy atom. The summed E-state index contributed by atoms with van der Waals surface area (Å²) in [6.45, 7) is 5.66. The van der Waals surface area contributed by atoms with Crippen LogP contribution in [-0.4, -0.2) is 59.7 Å². The number of nitrogens with zero attached hydrogens (tertiary/aromatic N) is 2. The third-order valence-corrected chi connectivity index (χ3v) is 6.38. The average Bonchev–Trinajstić information content (AvgIpc) is 2.69. The molecule has 0 spiro atoms. The third-order valence-electron chi connectivity index (χ3n) is 4.89. The van der Waals surface area contributed by atoms with E-state index in [1.165, 1.54) is 13.2 Å². The average molecular weight is 408 g/mol. The van der Waals surface area contributed by atoms with Crippen LogP contribution in [0.5, 0.6) is 5.75 Å². The van der Waals surface area contributed by atoms with Crippen LogP contribution in [0.3, 0.4) is 0 Å². The number of hydrogen-bond donors (Lipinski definition) is 1. The molecule has 1 aliphatic rings. The number of sulfonamides is 1. The fraction of sp³-hybridized carbons (Fsp3) is 0.400. The van der Waals surface area contributed by atoms with Gasteiger partial charge in [-0.05, 0) is 36.8 Å². The van der Waals surface area contributed by atoms with E-state index >= 15 is 0 Å². The van der Waals surface area contributed by atoms with Gasteiger partial charge in [-0.2, -0.15) is 0 Å². The minimum Gasteiger partial charge on any atom is -0.495 e.